The molecule has 4 rings (SSSR count). The first-order chi connectivity index (χ1) is 15.3. The van der Waals surface area contributed by atoms with Crippen molar-refractivity contribution in [2.45, 2.75) is 43.5 Å². The summed E-state index contributed by atoms with van der Waals surface area (Å²) in [6.45, 7) is 10.2. The molecule has 1 aromatic heterocycles. The SMILES string of the molecule is CCOc1ccc(C2=NC[C@H](CSc3nnc(-c4ccc(C(C)(C)C)cc4)n3C)S2)cc1. The molecule has 2 aromatic carbocycles. The Balaban J connectivity index is 1.35. The molecule has 0 fully saturated rings. The van der Waals surface area contributed by atoms with E-state index in [2.05, 4.69) is 71.9 Å². The molecule has 1 aliphatic heterocycles. The lowest BCUT2D eigenvalue weighted by Gasteiger charge is -2.19. The second kappa shape index (κ2) is 9.71. The van der Waals surface area contributed by atoms with Crippen molar-refractivity contribution < 1.29 is 4.74 Å². The molecule has 0 saturated carbocycles. The molecule has 0 N–H and O–H groups in total. The normalized spacial score (nSPS) is 16.3. The van der Waals surface area contributed by atoms with E-state index in [0.29, 0.717) is 11.9 Å². The maximum absolute atomic E-state index is 5.53. The van der Waals surface area contributed by atoms with Gasteiger partial charge in [-0.05, 0) is 42.2 Å². The average molecular weight is 467 g/mol. The predicted octanol–water partition coefficient (Wildman–Crippen LogP) is 5.83. The van der Waals surface area contributed by atoms with Gasteiger partial charge in [-0.25, -0.2) is 0 Å². The molecular weight excluding hydrogens is 436 g/mol. The van der Waals surface area contributed by atoms with Gasteiger partial charge in [-0.2, -0.15) is 0 Å². The molecule has 0 saturated heterocycles. The lowest BCUT2D eigenvalue weighted by Crippen LogP contribution is -2.10. The fourth-order valence-corrected chi connectivity index (χ4v) is 5.68. The minimum atomic E-state index is 0.143. The summed E-state index contributed by atoms with van der Waals surface area (Å²) < 4.78 is 7.62. The monoisotopic (exact) mass is 466 g/mol. The largest absolute Gasteiger partial charge is 0.494 e. The van der Waals surface area contributed by atoms with Crippen molar-refractivity contribution in [2.75, 3.05) is 18.9 Å². The first-order valence-electron chi connectivity index (χ1n) is 10.9. The summed E-state index contributed by atoms with van der Waals surface area (Å²) in [5, 5.41) is 11.4. The highest BCUT2D eigenvalue weighted by Crippen LogP contribution is 2.32. The van der Waals surface area contributed by atoms with Crippen molar-refractivity contribution in [3.63, 3.8) is 0 Å². The van der Waals surface area contributed by atoms with Crippen molar-refractivity contribution in [3.8, 4) is 17.1 Å². The number of hydrogen-bond donors (Lipinski definition) is 0. The summed E-state index contributed by atoms with van der Waals surface area (Å²) >= 11 is 3.59. The van der Waals surface area contributed by atoms with E-state index in [1.165, 1.54) is 5.56 Å². The number of hydrogen-bond acceptors (Lipinski definition) is 6. The van der Waals surface area contributed by atoms with Gasteiger partial charge in [0.1, 0.15) is 5.75 Å². The van der Waals surface area contributed by atoms with Gasteiger partial charge in [0.05, 0.1) is 18.2 Å². The molecule has 5 nitrogen and oxygen atoms in total. The topological polar surface area (TPSA) is 52.3 Å². The number of aliphatic imine (C=N–C) groups is 1. The minimum Gasteiger partial charge on any atom is -0.494 e. The van der Waals surface area contributed by atoms with Crippen molar-refractivity contribution in [1.82, 2.24) is 14.8 Å². The van der Waals surface area contributed by atoms with Crippen LogP contribution in [0.4, 0.5) is 0 Å². The molecule has 1 atom stereocenters. The van der Waals surface area contributed by atoms with Gasteiger partial charge in [-0.15, -0.1) is 22.0 Å². The Bertz CT molecular complexity index is 1080. The molecular formula is C25H30N4OS2. The molecule has 3 aromatic rings. The van der Waals surface area contributed by atoms with Crippen LogP contribution in [0.5, 0.6) is 5.75 Å². The molecule has 0 spiro atoms. The zero-order valence-corrected chi connectivity index (χ0v) is 21.0. The lowest BCUT2D eigenvalue weighted by atomic mass is 9.87. The van der Waals surface area contributed by atoms with Crippen LogP contribution in [-0.2, 0) is 12.5 Å². The summed E-state index contributed by atoms with van der Waals surface area (Å²) in [4.78, 5) is 4.76. The van der Waals surface area contributed by atoms with Gasteiger partial charge in [-0.3, -0.25) is 4.99 Å². The van der Waals surface area contributed by atoms with Crippen LogP contribution >= 0.6 is 23.5 Å². The molecule has 0 unspecified atom stereocenters. The number of rotatable bonds is 7. The minimum absolute atomic E-state index is 0.143. The van der Waals surface area contributed by atoms with Gasteiger partial charge < -0.3 is 9.30 Å². The van der Waals surface area contributed by atoms with Crippen LogP contribution in [0.1, 0.15) is 38.8 Å². The number of benzene rings is 2. The quantitative estimate of drug-likeness (QED) is 0.410. The van der Waals surface area contributed by atoms with Gasteiger partial charge in [-0.1, -0.05) is 56.8 Å². The van der Waals surface area contributed by atoms with E-state index >= 15 is 0 Å². The van der Waals surface area contributed by atoms with Crippen LogP contribution < -0.4 is 4.74 Å². The molecule has 2 heterocycles. The Kier molecular flexibility index (Phi) is 6.96. The van der Waals surface area contributed by atoms with E-state index in [4.69, 9.17) is 9.73 Å². The summed E-state index contributed by atoms with van der Waals surface area (Å²) in [7, 11) is 2.04. The number of nitrogens with zero attached hydrogens (tertiary/aromatic N) is 4. The summed E-state index contributed by atoms with van der Waals surface area (Å²) in [5.74, 6) is 2.75. The molecule has 0 radical (unpaired) electrons. The molecule has 0 bridgehead atoms. The maximum atomic E-state index is 5.53. The Hall–Kier alpha value is -2.25. The molecule has 168 valence electrons. The van der Waals surface area contributed by atoms with E-state index in [9.17, 15) is 0 Å². The van der Waals surface area contributed by atoms with Crippen molar-refractivity contribution in [1.29, 1.82) is 0 Å². The van der Waals surface area contributed by atoms with Crippen LogP contribution in [0.15, 0.2) is 58.7 Å². The van der Waals surface area contributed by atoms with Gasteiger partial charge >= 0.3 is 0 Å². The van der Waals surface area contributed by atoms with Crippen molar-refractivity contribution in [3.05, 3.63) is 59.7 Å². The summed E-state index contributed by atoms with van der Waals surface area (Å²) in [6, 6.07) is 16.9. The smallest absolute Gasteiger partial charge is 0.191 e. The molecule has 32 heavy (non-hydrogen) atoms. The maximum Gasteiger partial charge on any atom is 0.191 e. The van der Waals surface area contributed by atoms with Crippen molar-refractivity contribution in [2.24, 2.45) is 12.0 Å². The fraction of sp³-hybridized carbons (Fsp3) is 0.400. The zero-order valence-electron chi connectivity index (χ0n) is 19.3. The highest BCUT2D eigenvalue weighted by molar-refractivity contribution is 8.16. The van der Waals surface area contributed by atoms with E-state index in [0.717, 1.165) is 45.2 Å². The molecule has 0 amide bonds. The Labute approximate surface area is 199 Å². The third-order valence-electron chi connectivity index (χ3n) is 5.37. The molecule has 1 aliphatic rings. The number of thioether (sulfide) groups is 2. The van der Waals surface area contributed by atoms with Crippen LogP contribution in [0, 0.1) is 0 Å². The van der Waals surface area contributed by atoms with Gasteiger partial charge in [0.2, 0.25) is 0 Å². The summed E-state index contributed by atoms with van der Waals surface area (Å²) in [6.07, 6.45) is 0. The van der Waals surface area contributed by atoms with E-state index in [1.807, 2.05) is 37.9 Å². The van der Waals surface area contributed by atoms with Gasteiger partial charge in [0.25, 0.3) is 0 Å². The third kappa shape index (κ3) is 5.21. The highest BCUT2D eigenvalue weighted by atomic mass is 32.2. The fourth-order valence-electron chi connectivity index (χ4n) is 3.50. The van der Waals surface area contributed by atoms with Gasteiger partial charge in [0.15, 0.2) is 11.0 Å². The van der Waals surface area contributed by atoms with E-state index in [1.54, 1.807) is 11.8 Å². The predicted molar refractivity (Wildman–Crippen MR) is 136 cm³/mol. The second-order valence-electron chi connectivity index (χ2n) is 8.85. The molecule has 0 aliphatic carbocycles. The van der Waals surface area contributed by atoms with Crippen LogP contribution in [0.2, 0.25) is 0 Å². The highest BCUT2D eigenvalue weighted by Gasteiger charge is 2.22. The van der Waals surface area contributed by atoms with E-state index < -0.39 is 0 Å². The third-order valence-corrected chi connectivity index (χ3v) is 8.00. The first-order valence-corrected chi connectivity index (χ1v) is 12.8. The van der Waals surface area contributed by atoms with Crippen LogP contribution in [-0.4, -0.2) is 44.0 Å². The van der Waals surface area contributed by atoms with Gasteiger partial charge in [0, 0.05) is 29.2 Å². The Morgan fingerprint density at radius 3 is 2.38 bits per heavy atom. The second-order valence-corrected chi connectivity index (χ2v) is 11.1. The van der Waals surface area contributed by atoms with Crippen LogP contribution in [0.25, 0.3) is 11.4 Å². The standard InChI is InChI=1S/C25H30N4OS2/c1-6-30-20-13-9-18(10-14-20)23-26-15-21(32-23)16-31-24-28-27-22(29(24)5)17-7-11-19(12-8-17)25(2,3)4/h7-14,21H,6,15-16H2,1-5H3/t21-/m1/s1. The Morgan fingerprint density at radius 1 is 1.03 bits per heavy atom. The number of aromatic nitrogens is 3. The molecule has 7 heteroatoms. The summed E-state index contributed by atoms with van der Waals surface area (Å²) in [5.41, 5.74) is 3.71. The van der Waals surface area contributed by atoms with Crippen LogP contribution in [0.3, 0.4) is 0 Å². The average Bonchev–Trinajstić information content (AvgIpc) is 3.39. The zero-order chi connectivity index (χ0) is 22.7. The Morgan fingerprint density at radius 2 is 1.72 bits per heavy atom. The lowest BCUT2D eigenvalue weighted by molar-refractivity contribution is 0.340. The first kappa shape index (κ1) is 22.9. The number of ether oxygens (including phenoxy) is 1. The van der Waals surface area contributed by atoms with Crippen molar-refractivity contribution >= 4 is 28.6 Å². The van der Waals surface area contributed by atoms with E-state index in [-0.39, 0.29) is 5.41 Å².